The highest BCUT2D eigenvalue weighted by Crippen LogP contribution is 2.31. The van der Waals surface area contributed by atoms with Gasteiger partial charge in [-0.15, -0.1) is 0 Å². The van der Waals surface area contributed by atoms with Gasteiger partial charge in [0.25, 0.3) is 5.91 Å². The third-order valence-corrected chi connectivity index (χ3v) is 3.37. The van der Waals surface area contributed by atoms with Gasteiger partial charge in [-0.25, -0.2) is 0 Å². The third kappa shape index (κ3) is 1.10. The molecule has 18 heavy (non-hydrogen) atoms. The third-order valence-electron chi connectivity index (χ3n) is 3.37. The van der Waals surface area contributed by atoms with Crippen LogP contribution in [0.2, 0.25) is 0 Å². The molecule has 1 aromatic heterocycles. The fraction of sp³-hybridized carbons (Fsp3) is 0. The molecule has 0 unspecified atom stereocenters. The van der Waals surface area contributed by atoms with Crippen molar-refractivity contribution in [3.8, 4) is 5.69 Å². The van der Waals surface area contributed by atoms with E-state index < -0.39 is 0 Å². The van der Waals surface area contributed by atoms with Gasteiger partial charge in [0.05, 0.1) is 22.5 Å². The molecule has 3 aromatic rings. The highest BCUT2D eigenvalue weighted by molar-refractivity contribution is 6.14. The second kappa shape index (κ2) is 3.23. The first kappa shape index (κ1) is 9.48. The number of amides is 1. The molecular formula is C15H10N2O. The van der Waals surface area contributed by atoms with E-state index in [0.29, 0.717) is 5.56 Å². The molecule has 0 fully saturated rings. The zero-order valence-electron chi connectivity index (χ0n) is 9.55. The monoisotopic (exact) mass is 234 g/mol. The molecule has 3 nitrogen and oxygen atoms in total. The highest BCUT2D eigenvalue weighted by atomic mass is 16.1. The molecule has 0 bridgehead atoms. The molecule has 1 aliphatic heterocycles. The molecule has 0 spiro atoms. The smallest absolute Gasteiger partial charge is 0.257 e. The maximum absolute atomic E-state index is 12.2. The van der Waals surface area contributed by atoms with E-state index in [1.165, 1.54) is 0 Å². The normalized spacial score (nSPS) is 13.0. The Kier molecular flexibility index (Phi) is 1.70. The second-order valence-electron chi connectivity index (χ2n) is 4.40. The lowest BCUT2D eigenvalue weighted by Crippen LogP contribution is -2.10. The van der Waals surface area contributed by atoms with E-state index in [4.69, 9.17) is 0 Å². The second-order valence-corrected chi connectivity index (χ2v) is 4.40. The Morgan fingerprint density at radius 2 is 1.83 bits per heavy atom. The van der Waals surface area contributed by atoms with Gasteiger partial charge in [0, 0.05) is 11.6 Å². The fourth-order valence-corrected chi connectivity index (χ4v) is 2.56. The van der Waals surface area contributed by atoms with E-state index in [-0.39, 0.29) is 5.91 Å². The van der Waals surface area contributed by atoms with Gasteiger partial charge in [-0.3, -0.25) is 4.79 Å². The standard InChI is InChI=1S/C15H10N2O/c18-15-11-5-3-4-10-8-9-17(14(10)11)13-7-2-1-6-12(13)16-15/h1-9H,(H,16,18). The average molecular weight is 234 g/mol. The van der Waals surface area contributed by atoms with Crippen molar-refractivity contribution in [1.29, 1.82) is 0 Å². The van der Waals surface area contributed by atoms with Gasteiger partial charge in [-0.2, -0.15) is 0 Å². The van der Waals surface area contributed by atoms with Crippen LogP contribution in [0.1, 0.15) is 10.4 Å². The van der Waals surface area contributed by atoms with Gasteiger partial charge in [0.15, 0.2) is 0 Å². The van der Waals surface area contributed by atoms with Gasteiger partial charge in [-0.05, 0) is 24.3 Å². The van der Waals surface area contributed by atoms with Crippen molar-refractivity contribution in [2.24, 2.45) is 0 Å². The van der Waals surface area contributed by atoms with Crippen molar-refractivity contribution in [3.05, 3.63) is 60.3 Å². The maximum Gasteiger partial charge on any atom is 0.257 e. The van der Waals surface area contributed by atoms with Crippen LogP contribution >= 0.6 is 0 Å². The van der Waals surface area contributed by atoms with E-state index >= 15 is 0 Å². The van der Waals surface area contributed by atoms with Crippen molar-refractivity contribution in [1.82, 2.24) is 4.57 Å². The zero-order chi connectivity index (χ0) is 12.1. The van der Waals surface area contributed by atoms with Crippen molar-refractivity contribution < 1.29 is 4.79 Å². The van der Waals surface area contributed by atoms with Gasteiger partial charge in [-0.1, -0.05) is 24.3 Å². The van der Waals surface area contributed by atoms with Crippen molar-refractivity contribution in [2.45, 2.75) is 0 Å². The molecule has 0 radical (unpaired) electrons. The van der Waals surface area contributed by atoms with Crippen molar-refractivity contribution in [2.75, 3.05) is 5.32 Å². The number of para-hydroxylation sites is 3. The molecule has 1 amide bonds. The number of hydrogen-bond acceptors (Lipinski definition) is 1. The Labute approximate surface area is 104 Å². The maximum atomic E-state index is 12.2. The van der Waals surface area contributed by atoms with E-state index in [2.05, 4.69) is 9.88 Å². The number of carbonyl (C=O) groups excluding carboxylic acids is 1. The molecule has 2 heterocycles. The number of benzene rings is 2. The van der Waals surface area contributed by atoms with Crippen LogP contribution in [0, 0.1) is 0 Å². The molecule has 1 N–H and O–H groups in total. The van der Waals surface area contributed by atoms with Crippen LogP contribution in [0.3, 0.4) is 0 Å². The van der Waals surface area contributed by atoms with E-state index in [9.17, 15) is 4.79 Å². The predicted molar refractivity (Wildman–Crippen MR) is 71.2 cm³/mol. The van der Waals surface area contributed by atoms with Gasteiger partial charge < -0.3 is 9.88 Å². The number of hydrogen-bond donors (Lipinski definition) is 1. The number of rotatable bonds is 0. The Balaban J connectivity index is 2.21. The van der Waals surface area contributed by atoms with E-state index in [1.807, 2.05) is 54.7 Å². The average Bonchev–Trinajstić information content (AvgIpc) is 2.77. The first-order valence-corrected chi connectivity index (χ1v) is 5.85. The highest BCUT2D eigenvalue weighted by Gasteiger charge is 2.20. The number of anilines is 1. The molecule has 86 valence electrons. The zero-order valence-corrected chi connectivity index (χ0v) is 9.55. The molecular weight excluding hydrogens is 224 g/mol. The Bertz CT molecular complexity index is 786. The Hall–Kier alpha value is -2.55. The summed E-state index contributed by atoms with van der Waals surface area (Å²) in [7, 11) is 0. The summed E-state index contributed by atoms with van der Waals surface area (Å²) in [4.78, 5) is 12.2. The van der Waals surface area contributed by atoms with E-state index in [0.717, 1.165) is 22.3 Å². The molecule has 3 heteroatoms. The van der Waals surface area contributed by atoms with Crippen LogP contribution in [-0.4, -0.2) is 10.5 Å². The van der Waals surface area contributed by atoms with Crippen LogP contribution in [-0.2, 0) is 0 Å². The lowest BCUT2D eigenvalue weighted by Gasteiger charge is -2.07. The summed E-state index contributed by atoms with van der Waals surface area (Å²) in [6.45, 7) is 0. The lowest BCUT2D eigenvalue weighted by atomic mass is 10.1. The number of nitrogens with zero attached hydrogens (tertiary/aromatic N) is 1. The summed E-state index contributed by atoms with van der Waals surface area (Å²) in [5.74, 6) is -0.0505. The van der Waals surface area contributed by atoms with Crippen LogP contribution in [0.25, 0.3) is 16.6 Å². The quantitative estimate of drug-likeness (QED) is 0.636. The van der Waals surface area contributed by atoms with Crippen LogP contribution in [0.5, 0.6) is 0 Å². The largest absolute Gasteiger partial charge is 0.320 e. The Morgan fingerprint density at radius 3 is 2.78 bits per heavy atom. The summed E-state index contributed by atoms with van der Waals surface area (Å²) in [6, 6.07) is 15.7. The first-order chi connectivity index (χ1) is 8.84. The molecule has 0 saturated heterocycles. The summed E-state index contributed by atoms with van der Waals surface area (Å²) in [5.41, 5.74) is 3.54. The molecule has 1 aliphatic rings. The van der Waals surface area contributed by atoms with E-state index in [1.54, 1.807) is 0 Å². The topological polar surface area (TPSA) is 34.0 Å². The SMILES string of the molecule is O=C1Nc2ccccc2-n2ccc3cccc1c32. The summed E-state index contributed by atoms with van der Waals surface area (Å²) in [6.07, 6.45) is 2.01. The first-order valence-electron chi connectivity index (χ1n) is 5.85. The van der Waals surface area contributed by atoms with Crippen molar-refractivity contribution in [3.63, 3.8) is 0 Å². The molecule has 4 rings (SSSR count). The number of nitrogens with one attached hydrogen (secondary N) is 1. The molecule has 2 aromatic carbocycles. The number of fused-ring (bicyclic) bond motifs is 2. The van der Waals surface area contributed by atoms with Crippen molar-refractivity contribution >= 4 is 22.5 Å². The van der Waals surface area contributed by atoms with Crippen LogP contribution in [0.4, 0.5) is 5.69 Å². The van der Waals surface area contributed by atoms with Gasteiger partial charge in [0.1, 0.15) is 0 Å². The fourth-order valence-electron chi connectivity index (χ4n) is 2.56. The minimum absolute atomic E-state index is 0.0505. The number of carbonyl (C=O) groups is 1. The predicted octanol–water partition coefficient (Wildman–Crippen LogP) is 3.20. The molecule has 0 saturated carbocycles. The Morgan fingerprint density at radius 1 is 0.944 bits per heavy atom. The minimum Gasteiger partial charge on any atom is -0.320 e. The lowest BCUT2D eigenvalue weighted by molar-refractivity contribution is 0.102. The van der Waals surface area contributed by atoms with Crippen LogP contribution < -0.4 is 5.32 Å². The summed E-state index contributed by atoms with van der Waals surface area (Å²) >= 11 is 0. The number of aromatic nitrogens is 1. The summed E-state index contributed by atoms with van der Waals surface area (Å²) in [5, 5.41) is 4.04. The van der Waals surface area contributed by atoms with Crippen LogP contribution in [0.15, 0.2) is 54.7 Å². The van der Waals surface area contributed by atoms with Gasteiger partial charge in [0.2, 0.25) is 0 Å². The van der Waals surface area contributed by atoms with Gasteiger partial charge >= 0.3 is 0 Å². The minimum atomic E-state index is -0.0505. The summed E-state index contributed by atoms with van der Waals surface area (Å²) < 4.78 is 2.07. The molecule has 0 atom stereocenters. The molecule has 0 aliphatic carbocycles.